The van der Waals surface area contributed by atoms with Gasteiger partial charge < -0.3 is 14.8 Å². The topological polar surface area (TPSA) is 72.5 Å². The number of nitrogens with zero attached hydrogens (tertiary/aromatic N) is 1. The van der Waals surface area contributed by atoms with Crippen molar-refractivity contribution < 1.29 is 23.0 Å². The van der Waals surface area contributed by atoms with Crippen LogP contribution in [0.25, 0.3) is 0 Å². The van der Waals surface area contributed by atoms with Gasteiger partial charge in [0.1, 0.15) is 23.1 Å². The fourth-order valence-corrected chi connectivity index (χ4v) is 3.80. The molecule has 2 amide bonds. The maximum atomic E-state index is 14.2. The third-order valence-electron chi connectivity index (χ3n) is 5.27. The van der Waals surface area contributed by atoms with Crippen molar-refractivity contribution in [2.75, 3.05) is 11.9 Å². The molecular formula is C22H17F2N3O3. The van der Waals surface area contributed by atoms with E-state index in [2.05, 4.69) is 15.6 Å². The van der Waals surface area contributed by atoms with Crippen molar-refractivity contribution in [3.05, 3.63) is 78.0 Å². The summed E-state index contributed by atoms with van der Waals surface area (Å²) >= 11 is 0. The number of amides is 2. The minimum Gasteiger partial charge on any atom is -0.490 e. The van der Waals surface area contributed by atoms with E-state index in [1.807, 2.05) is 30.3 Å². The van der Waals surface area contributed by atoms with Gasteiger partial charge in [-0.3, -0.25) is 5.32 Å². The van der Waals surface area contributed by atoms with Gasteiger partial charge in [-0.15, -0.1) is 0 Å². The lowest BCUT2D eigenvalue weighted by atomic mass is 10.0. The largest absolute Gasteiger partial charge is 0.490 e. The molecule has 2 heterocycles. The molecule has 1 aliphatic carbocycles. The van der Waals surface area contributed by atoms with Crippen LogP contribution in [-0.4, -0.2) is 23.7 Å². The van der Waals surface area contributed by atoms with Crippen molar-refractivity contribution in [3.63, 3.8) is 0 Å². The maximum Gasteiger partial charge on any atom is 0.320 e. The molecule has 2 N–H and O–H groups in total. The van der Waals surface area contributed by atoms with Crippen molar-refractivity contribution >= 4 is 11.8 Å². The van der Waals surface area contributed by atoms with E-state index in [9.17, 15) is 13.6 Å². The van der Waals surface area contributed by atoms with Gasteiger partial charge in [0.2, 0.25) is 0 Å². The lowest BCUT2D eigenvalue weighted by Gasteiger charge is -2.16. The second kappa shape index (κ2) is 7.29. The zero-order valence-corrected chi connectivity index (χ0v) is 15.6. The van der Waals surface area contributed by atoms with Crippen LogP contribution in [0.2, 0.25) is 0 Å². The van der Waals surface area contributed by atoms with Crippen LogP contribution in [0.1, 0.15) is 11.5 Å². The van der Waals surface area contributed by atoms with E-state index in [4.69, 9.17) is 9.47 Å². The standard InChI is InChI=1S/C22H17F2N3O3/c23-15-7-8-16(24)21-19(15)18-14(11-29-21)20(18)27-22(28)26-17-9-6-13(10-25-17)30-12-4-2-1-3-5-12/h1-10,14,18,20H,11H2,(H2,25,26,27,28). The molecule has 3 unspecified atom stereocenters. The van der Waals surface area contributed by atoms with Crippen LogP contribution in [0, 0.1) is 17.6 Å². The number of para-hydroxylation sites is 1. The number of pyridine rings is 1. The number of nitrogens with one attached hydrogen (secondary N) is 2. The molecule has 30 heavy (non-hydrogen) atoms. The van der Waals surface area contributed by atoms with Crippen LogP contribution in [-0.2, 0) is 0 Å². The van der Waals surface area contributed by atoms with Crippen LogP contribution < -0.4 is 20.1 Å². The highest BCUT2D eigenvalue weighted by atomic mass is 19.1. The summed E-state index contributed by atoms with van der Waals surface area (Å²) in [7, 11) is 0. The van der Waals surface area contributed by atoms with Gasteiger partial charge in [0.05, 0.1) is 12.8 Å². The molecule has 0 saturated heterocycles. The second-order valence-electron chi connectivity index (χ2n) is 7.19. The predicted octanol–water partition coefficient (Wildman–Crippen LogP) is 4.45. The number of aromatic nitrogens is 1. The molecule has 8 heteroatoms. The van der Waals surface area contributed by atoms with Crippen LogP contribution in [0.15, 0.2) is 60.8 Å². The van der Waals surface area contributed by atoms with Crippen molar-refractivity contribution in [1.29, 1.82) is 0 Å². The number of urea groups is 1. The van der Waals surface area contributed by atoms with Gasteiger partial charge >= 0.3 is 6.03 Å². The predicted molar refractivity (Wildman–Crippen MR) is 105 cm³/mol. The van der Waals surface area contributed by atoms with Gasteiger partial charge in [0.15, 0.2) is 11.6 Å². The minimum atomic E-state index is -0.595. The third-order valence-corrected chi connectivity index (χ3v) is 5.27. The first-order chi connectivity index (χ1) is 14.6. The summed E-state index contributed by atoms with van der Waals surface area (Å²) in [6.45, 7) is 0.229. The van der Waals surface area contributed by atoms with Crippen LogP contribution >= 0.6 is 0 Å². The second-order valence-corrected chi connectivity index (χ2v) is 7.19. The Bertz CT molecular complexity index is 1090. The first-order valence-electron chi connectivity index (χ1n) is 9.47. The number of anilines is 1. The Balaban J connectivity index is 1.21. The molecular weight excluding hydrogens is 392 g/mol. The molecule has 1 aliphatic heterocycles. The average Bonchev–Trinajstić information content (AvgIpc) is 3.45. The highest BCUT2D eigenvalue weighted by molar-refractivity contribution is 5.89. The molecule has 3 aromatic rings. The zero-order chi connectivity index (χ0) is 20.7. The Hall–Kier alpha value is -3.68. The van der Waals surface area contributed by atoms with E-state index >= 15 is 0 Å². The molecule has 3 atom stereocenters. The number of fused-ring (bicyclic) bond motifs is 3. The molecule has 2 aromatic carbocycles. The van der Waals surface area contributed by atoms with Crippen LogP contribution in [0.4, 0.5) is 19.4 Å². The minimum absolute atomic E-state index is 0.0587. The number of hydrogen-bond donors (Lipinski definition) is 2. The molecule has 1 fully saturated rings. The molecule has 5 rings (SSSR count). The smallest absolute Gasteiger partial charge is 0.320 e. The Morgan fingerprint density at radius 3 is 2.60 bits per heavy atom. The fraction of sp³-hybridized carbons (Fsp3) is 0.182. The summed E-state index contributed by atoms with van der Waals surface area (Å²) in [5, 5.41) is 5.43. The lowest BCUT2D eigenvalue weighted by molar-refractivity contribution is 0.247. The highest BCUT2D eigenvalue weighted by Gasteiger charge is 2.57. The van der Waals surface area contributed by atoms with E-state index in [1.165, 1.54) is 6.20 Å². The zero-order valence-electron chi connectivity index (χ0n) is 15.6. The SMILES string of the molecule is O=C(Nc1ccc(Oc2ccccc2)cn1)NC1C2COc3c(F)ccc(F)c3C21. The van der Waals surface area contributed by atoms with Crippen molar-refractivity contribution in [2.45, 2.75) is 12.0 Å². The van der Waals surface area contributed by atoms with Gasteiger partial charge in [-0.2, -0.15) is 0 Å². The number of hydrogen-bond acceptors (Lipinski definition) is 4. The third kappa shape index (κ3) is 3.41. The molecule has 1 aromatic heterocycles. The first-order valence-corrected chi connectivity index (χ1v) is 9.47. The van der Waals surface area contributed by atoms with Gasteiger partial charge in [-0.1, -0.05) is 18.2 Å². The Morgan fingerprint density at radius 1 is 1.03 bits per heavy atom. The molecule has 2 aliphatic rings. The van der Waals surface area contributed by atoms with Crippen LogP contribution in [0.5, 0.6) is 17.2 Å². The molecule has 6 nitrogen and oxygen atoms in total. The van der Waals surface area contributed by atoms with Crippen molar-refractivity contribution in [3.8, 4) is 17.2 Å². The van der Waals surface area contributed by atoms with E-state index in [1.54, 1.807) is 12.1 Å². The van der Waals surface area contributed by atoms with Crippen LogP contribution in [0.3, 0.4) is 0 Å². The highest BCUT2D eigenvalue weighted by Crippen LogP contribution is 2.55. The Morgan fingerprint density at radius 2 is 1.83 bits per heavy atom. The monoisotopic (exact) mass is 409 g/mol. The molecule has 152 valence electrons. The fourth-order valence-electron chi connectivity index (χ4n) is 3.80. The summed E-state index contributed by atoms with van der Waals surface area (Å²) in [5.74, 6) is -0.0173. The number of carbonyl (C=O) groups is 1. The number of rotatable bonds is 4. The molecule has 1 saturated carbocycles. The normalized spacial score (nSPS) is 20.9. The molecule has 0 radical (unpaired) electrons. The quantitative estimate of drug-likeness (QED) is 0.668. The number of halogens is 2. The summed E-state index contributed by atoms with van der Waals surface area (Å²) in [5.41, 5.74) is 0.192. The average molecular weight is 409 g/mol. The number of ether oxygens (including phenoxy) is 2. The summed E-state index contributed by atoms with van der Waals surface area (Å²) in [6, 6.07) is 13.9. The van der Waals surface area contributed by atoms with Gasteiger partial charge in [-0.05, 0) is 36.4 Å². The molecule has 0 bridgehead atoms. The lowest BCUT2D eigenvalue weighted by Crippen LogP contribution is -2.32. The number of benzene rings is 2. The van der Waals surface area contributed by atoms with Crippen molar-refractivity contribution in [1.82, 2.24) is 10.3 Å². The summed E-state index contributed by atoms with van der Waals surface area (Å²) in [4.78, 5) is 16.5. The maximum absolute atomic E-state index is 14.2. The van der Waals surface area contributed by atoms with E-state index in [0.29, 0.717) is 17.3 Å². The number of carbonyl (C=O) groups excluding carboxylic acids is 1. The van der Waals surface area contributed by atoms with Gasteiger partial charge in [0, 0.05) is 23.4 Å². The first kappa shape index (κ1) is 18.4. The Labute approximate surface area is 170 Å². The van der Waals surface area contributed by atoms with E-state index < -0.39 is 17.7 Å². The van der Waals surface area contributed by atoms with Crippen molar-refractivity contribution in [2.24, 2.45) is 5.92 Å². The van der Waals surface area contributed by atoms with Gasteiger partial charge in [-0.25, -0.2) is 18.6 Å². The Kier molecular flexibility index (Phi) is 4.46. The molecule has 0 spiro atoms. The van der Waals surface area contributed by atoms with E-state index in [-0.39, 0.29) is 35.8 Å². The van der Waals surface area contributed by atoms with Gasteiger partial charge in [0.25, 0.3) is 0 Å². The summed E-state index contributed by atoms with van der Waals surface area (Å²) in [6.07, 6.45) is 1.50. The van der Waals surface area contributed by atoms with E-state index in [0.717, 1.165) is 12.1 Å². The summed E-state index contributed by atoms with van der Waals surface area (Å²) < 4.78 is 39.1.